The molecule has 1 aliphatic carbocycles. The second kappa shape index (κ2) is 6.76. The number of amides is 1. The van der Waals surface area contributed by atoms with E-state index in [0.717, 1.165) is 56.6 Å². The summed E-state index contributed by atoms with van der Waals surface area (Å²) in [5.74, 6) is 1.94. The van der Waals surface area contributed by atoms with E-state index in [1.165, 1.54) is 12.8 Å². The van der Waals surface area contributed by atoms with Crippen LogP contribution < -0.4 is 19.1 Å². The second-order valence-corrected chi connectivity index (χ2v) is 10.0. The van der Waals surface area contributed by atoms with Gasteiger partial charge in [-0.2, -0.15) is 0 Å². The zero-order valence-electron chi connectivity index (χ0n) is 19.7. The Morgan fingerprint density at radius 3 is 2.62 bits per heavy atom. The molecule has 4 aliphatic heterocycles. The van der Waals surface area contributed by atoms with Crippen LogP contribution in [0, 0.1) is 5.41 Å². The minimum absolute atomic E-state index is 0.0602. The zero-order valence-corrected chi connectivity index (χ0v) is 19.7. The summed E-state index contributed by atoms with van der Waals surface area (Å²) in [5, 5.41) is 0. The van der Waals surface area contributed by atoms with Gasteiger partial charge in [-0.1, -0.05) is 6.92 Å². The van der Waals surface area contributed by atoms with Crippen LogP contribution in [0.15, 0.2) is 6.07 Å². The maximum absolute atomic E-state index is 13.5. The molecule has 7 heteroatoms. The van der Waals surface area contributed by atoms with E-state index in [1.54, 1.807) is 21.3 Å². The highest BCUT2D eigenvalue weighted by molar-refractivity contribution is 6.00. The lowest BCUT2D eigenvalue weighted by Gasteiger charge is -2.62. The Hall–Kier alpha value is -1.99. The van der Waals surface area contributed by atoms with Crippen LogP contribution in [0.3, 0.4) is 0 Å². The van der Waals surface area contributed by atoms with Crippen molar-refractivity contribution in [1.29, 1.82) is 0 Å². The highest BCUT2D eigenvalue weighted by atomic mass is 16.5. The van der Waals surface area contributed by atoms with Gasteiger partial charge in [-0.05, 0) is 50.2 Å². The van der Waals surface area contributed by atoms with Gasteiger partial charge in [0, 0.05) is 31.5 Å². The number of hydrogen-bond acceptors (Lipinski definition) is 6. The lowest BCUT2D eigenvalue weighted by atomic mass is 9.50. The van der Waals surface area contributed by atoms with Gasteiger partial charge in [0.1, 0.15) is 5.72 Å². The van der Waals surface area contributed by atoms with Gasteiger partial charge in [0.25, 0.3) is 0 Å². The first-order valence-electron chi connectivity index (χ1n) is 12.1. The average molecular weight is 443 g/mol. The average Bonchev–Trinajstić information content (AvgIpc) is 3.47. The molecule has 3 saturated heterocycles. The molecule has 4 atom stereocenters. The molecule has 0 N–H and O–H groups in total. The summed E-state index contributed by atoms with van der Waals surface area (Å²) < 4.78 is 24.4. The normalized spacial score (nSPS) is 36.9. The molecular formula is C25H34N2O5. The van der Waals surface area contributed by atoms with Crippen LogP contribution in [0.1, 0.15) is 57.4 Å². The van der Waals surface area contributed by atoms with Crippen molar-refractivity contribution in [3.8, 4) is 17.2 Å². The van der Waals surface area contributed by atoms with E-state index in [4.69, 9.17) is 18.9 Å². The fourth-order valence-corrected chi connectivity index (χ4v) is 8.50. The molecule has 1 aromatic carbocycles. The number of carbonyl (C=O) groups is 1. The van der Waals surface area contributed by atoms with E-state index in [2.05, 4.69) is 15.9 Å². The van der Waals surface area contributed by atoms with Crippen molar-refractivity contribution >= 4 is 11.6 Å². The van der Waals surface area contributed by atoms with Crippen LogP contribution in [0.25, 0.3) is 0 Å². The Labute approximate surface area is 189 Å². The molecule has 2 spiro atoms. The fourth-order valence-electron chi connectivity index (χ4n) is 8.50. The van der Waals surface area contributed by atoms with Gasteiger partial charge in [0.15, 0.2) is 11.5 Å². The number of rotatable bonds is 4. The number of piperidine rings is 1. The van der Waals surface area contributed by atoms with Crippen LogP contribution in [-0.4, -0.2) is 63.6 Å². The SMILES string of the molecule is CCC(=O)N1c2c(cc(OC)c(OC)c2OC)[C@@]23CCN4CCC[C@]5(CCO[C@@]452)CC[C@@H]13. The quantitative estimate of drug-likeness (QED) is 0.712. The van der Waals surface area contributed by atoms with Crippen molar-refractivity contribution in [2.45, 2.75) is 69.1 Å². The predicted octanol–water partition coefficient (Wildman–Crippen LogP) is 3.47. The lowest BCUT2D eigenvalue weighted by Crippen LogP contribution is -2.73. The fraction of sp³-hybridized carbons (Fsp3) is 0.720. The first kappa shape index (κ1) is 20.6. The number of fused-ring (bicyclic) bond motifs is 1. The Kier molecular flexibility index (Phi) is 4.36. The van der Waals surface area contributed by atoms with Gasteiger partial charge in [-0.3, -0.25) is 9.69 Å². The molecule has 0 unspecified atom stereocenters. The van der Waals surface area contributed by atoms with Gasteiger partial charge in [-0.25, -0.2) is 0 Å². The number of benzene rings is 1. The van der Waals surface area contributed by atoms with Crippen molar-refractivity contribution in [2.24, 2.45) is 5.41 Å². The molecule has 7 nitrogen and oxygen atoms in total. The number of anilines is 1. The van der Waals surface area contributed by atoms with Crippen LogP contribution >= 0.6 is 0 Å². The summed E-state index contributed by atoms with van der Waals surface area (Å²) >= 11 is 0. The van der Waals surface area contributed by atoms with Crippen molar-refractivity contribution in [2.75, 3.05) is 45.9 Å². The van der Waals surface area contributed by atoms with Crippen LogP contribution in [0.2, 0.25) is 0 Å². The minimum atomic E-state index is -0.358. The van der Waals surface area contributed by atoms with E-state index >= 15 is 0 Å². The molecule has 0 aromatic heterocycles. The highest BCUT2D eigenvalue weighted by Crippen LogP contribution is 2.74. The molecule has 32 heavy (non-hydrogen) atoms. The van der Waals surface area contributed by atoms with E-state index in [0.29, 0.717) is 23.7 Å². The number of carbonyl (C=O) groups excluding carboxylic acids is 1. The predicted molar refractivity (Wildman–Crippen MR) is 120 cm³/mol. The topological polar surface area (TPSA) is 60.5 Å². The summed E-state index contributed by atoms with van der Waals surface area (Å²) in [6, 6.07) is 2.18. The molecule has 4 heterocycles. The molecule has 1 saturated carbocycles. The summed E-state index contributed by atoms with van der Waals surface area (Å²) in [5.41, 5.74) is 1.53. The standard InChI is InChI=1S/C25H34N2O5/c1-5-19(28)27-18-7-9-23-8-6-12-26-13-10-24(18,25(23,26)32-14-11-23)16-15-17(29-2)21(30-3)22(31-4)20(16)27/h15,18H,5-14H2,1-4H3/t18-,23-,24-,25+/m1/s1. The van der Waals surface area contributed by atoms with Crippen molar-refractivity contribution in [1.82, 2.24) is 4.90 Å². The minimum Gasteiger partial charge on any atom is -0.493 e. The van der Waals surface area contributed by atoms with E-state index in [1.807, 2.05) is 6.92 Å². The summed E-state index contributed by atoms with van der Waals surface area (Å²) in [4.78, 5) is 18.2. The molecule has 1 amide bonds. The number of ether oxygens (including phenoxy) is 4. The van der Waals surface area contributed by atoms with E-state index < -0.39 is 0 Å². The summed E-state index contributed by atoms with van der Waals surface area (Å²) in [7, 11) is 4.95. The maximum Gasteiger partial charge on any atom is 0.227 e. The zero-order chi connectivity index (χ0) is 22.3. The third kappa shape index (κ3) is 2.00. The lowest BCUT2D eigenvalue weighted by molar-refractivity contribution is -0.232. The van der Waals surface area contributed by atoms with E-state index in [-0.39, 0.29) is 28.5 Å². The summed E-state index contributed by atoms with van der Waals surface area (Å²) in [6.07, 6.45) is 7.08. The first-order valence-corrected chi connectivity index (χ1v) is 12.1. The van der Waals surface area contributed by atoms with Crippen molar-refractivity contribution in [3.63, 3.8) is 0 Å². The highest BCUT2D eigenvalue weighted by Gasteiger charge is 2.80. The molecule has 1 aromatic rings. The second-order valence-electron chi connectivity index (χ2n) is 10.0. The Morgan fingerprint density at radius 2 is 1.91 bits per heavy atom. The van der Waals surface area contributed by atoms with Gasteiger partial charge in [0.05, 0.1) is 38.5 Å². The van der Waals surface area contributed by atoms with Crippen molar-refractivity contribution in [3.05, 3.63) is 11.6 Å². The Morgan fingerprint density at radius 1 is 1.09 bits per heavy atom. The Bertz CT molecular complexity index is 982. The van der Waals surface area contributed by atoms with Crippen LogP contribution in [0.4, 0.5) is 5.69 Å². The van der Waals surface area contributed by atoms with Crippen molar-refractivity contribution < 1.29 is 23.7 Å². The van der Waals surface area contributed by atoms with Crippen LogP contribution in [0.5, 0.6) is 17.2 Å². The molecule has 5 aliphatic rings. The first-order chi connectivity index (χ1) is 15.5. The molecule has 0 bridgehead atoms. The van der Waals surface area contributed by atoms with Gasteiger partial charge >= 0.3 is 0 Å². The maximum atomic E-state index is 13.5. The molecule has 6 rings (SSSR count). The molecular weight excluding hydrogens is 408 g/mol. The molecule has 174 valence electrons. The largest absolute Gasteiger partial charge is 0.493 e. The van der Waals surface area contributed by atoms with Gasteiger partial charge in [-0.15, -0.1) is 0 Å². The van der Waals surface area contributed by atoms with Crippen LogP contribution in [-0.2, 0) is 14.9 Å². The van der Waals surface area contributed by atoms with E-state index in [9.17, 15) is 4.79 Å². The molecule has 4 fully saturated rings. The molecule has 0 radical (unpaired) electrons. The summed E-state index contributed by atoms with van der Waals surface area (Å²) in [6.45, 7) is 4.81. The third-order valence-electron chi connectivity index (χ3n) is 9.39. The number of hydrogen-bond donors (Lipinski definition) is 0. The third-order valence-corrected chi connectivity index (χ3v) is 9.39. The smallest absolute Gasteiger partial charge is 0.227 e. The van der Waals surface area contributed by atoms with Gasteiger partial charge in [0.2, 0.25) is 11.7 Å². The van der Waals surface area contributed by atoms with Gasteiger partial charge < -0.3 is 23.8 Å². The monoisotopic (exact) mass is 442 g/mol. The number of nitrogens with zero attached hydrogens (tertiary/aromatic N) is 2. The Balaban J connectivity index is 1.70. The number of methoxy groups -OCH3 is 3.